The summed E-state index contributed by atoms with van der Waals surface area (Å²) >= 11 is 0. The Bertz CT molecular complexity index is 565. The van der Waals surface area contributed by atoms with Gasteiger partial charge in [0, 0.05) is 5.41 Å². The summed E-state index contributed by atoms with van der Waals surface area (Å²) in [4.78, 5) is 0. The first-order chi connectivity index (χ1) is 9.73. The molecule has 3 aliphatic carbocycles. The number of hydrogen-bond acceptors (Lipinski definition) is 0. The van der Waals surface area contributed by atoms with E-state index in [4.69, 9.17) is 0 Å². The average molecular weight is 266 g/mol. The molecule has 0 aliphatic heterocycles. The van der Waals surface area contributed by atoms with E-state index in [1.807, 2.05) is 0 Å². The molecule has 3 atom stereocenters. The SMILES string of the molecule is CCC(C)c1ccc2c(c1)CCCC21CC2=CCC1C2. The maximum absolute atomic E-state index is 2.55. The molecule has 3 aliphatic rings. The normalized spacial score (nSPS) is 32.3. The Morgan fingerprint density at radius 1 is 1.35 bits per heavy atom. The van der Waals surface area contributed by atoms with Gasteiger partial charge >= 0.3 is 0 Å². The van der Waals surface area contributed by atoms with Crippen molar-refractivity contribution in [2.45, 2.75) is 70.1 Å². The fourth-order valence-electron chi connectivity index (χ4n) is 5.09. The fraction of sp³-hybridized carbons (Fsp3) is 0.600. The number of allylic oxidation sites excluding steroid dienone is 2. The lowest BCUT2D eigenvalue weighted by Crippen LogP contribution is -2.35. The summed E-state index contributed by atoms with van der Waals surface area (Å²) < 4.78 is 0. The molecule has 0 N–H and O–H groups in total. The van der Waals surface area contributed by atoms with Crippen molar-refractivity contribution >= 4 is 0 Å². The molecule has 0 radical (unpaired) electrons. The van der Waals surface area contributed by atoms with Gasteiger partial charge in [0.2, 0.25) is 0 Å². The van der Waals surface area contributed by atoms with Crippen LogP contribution in [0.4, 0.5) is 0 Å². The highest BCUT2D eigenvalue weighted by molar-refractivity contribution is 5.45. The largest absolute Gasteiger partial charge is 0.0850 e. The molecule has 0 heterocycles. The summed E-state index contributed by atoms with van der Waals surface area (Å²) in [7, 11) is 0. The van der Waals surface area contributed by atoms with E-state index in [0.717, 1.165) is 5.92 Å². The molecule has 106 valence electrons. The Hall–Kier alpha value is -1.04. The Morgan fingerprint density at radius 2 is 2.25 bits per heavy atom. The Kier molecular flexibility index (Phi) is 2.84. The predicted octanol–water partition coefficient (Wildman–Crippen LogP) is 5.51. The van der Waals surface area contributed by atoms with E-state index < -0.39 is 0 Å². The Morgan fingerprint density at radius 3 is 2.95 bits per heavy atom. The minimum Gasteiger partial charge on any atom is -0.0850 e. The summed E-state index contributed by atoms with van der Waals surface area (Å²) in [6.07, 6.45) is 12.0. The second kappa shape index (κ2) is 4.48. The maximum Gasteiger partial charge on any atom is 0.00272 e. The first-order valence-corrected chi connectivity index (χ1v) is 8.54. The van der Waals surface area contributed by atoms with E-state index >= 15 is 0 Å². The van der Waals surface area contributed by atoms with Crippen molar-refractivity contribution in [2.24, 2.45) is 5.92 Å². The van der Waals surface area contributed by atoms with Gasteiger partial charge < -0.3 is 0 Å². The van der Waals surface area contributed by atoms with Crippen LogP contribution in [0.2, 0.25) is 0 Å². The van der Waals surface area contributed by atoms with Crippen molar-refractivity contribution in [1.29, 1.82) is 0 Å². The van der Waals surface area contributed by atoms with Crippen LogP contribution >= 0.6 is 0 Å². The zero-order chi connectivity index (χ0) is 13.7. The van der Waals surface area contributed by atoms with Gasteiger partial charge in [-0.3, -0.25) is 0 Å². The summed E-state index contributed by atoms with van der Waals surface area (Å²) in [5.41, 5.74) is 7.26. The zero-order valence-electron chi connectivity index (χ0n) is 12.9. The van der Waals surface area contributed by atoms with Gasteiger partial charge in [-0.1, -0.05) is 43.7 Å². The number of benzene rings is 1. The fourth-order valence-corrected chi connectivity index (χ4v) is 5.09. The molecular formula is C20H26. The van der Waals surface area contributed by atoms with E-state index in [0.29, 0.717) is 11.3 Å². The molecule has 1 fully saturated rings. The highest BCUT2D eigenvalue weighted by atomic mass is 14.5. The summed E-state index contributed by atoms with van der Waals surface area (Å²) in [6.45, 7) is 4.66. The minimum absolute atomic E-state index is 0.533. The van der Waals surface area contributed by atoms with Crippen LogP contribution in [0.5, 0.6) is 0 Å². The van der Waals surface area contributed by atoms with E-state index in [9.17, 15) is 0 Å². The van der Waals surface area contributed by atoms with Crippen LogP contribution in [0.15, 0.2) is 29.8 Å². The van der Waals surface area contributed by atoms with Crippen LogP contribution in [-0.4, -0.2) is 0 Å². The molecule has 0 heteroatoms. The molecule has 0 nitrogen and oxygen atoms in total. The van der Waals surface area contributed by atoms with Gasteiger partial charge in [-0.15, -0.1) is 0 Å². The maximum atomic E-state index is 2.55. The van der Waals surface area contributed by atoms with Crippen LogP contribution in [0.25, 0.3) is 0 Å². The molecule has 20 heavy (non-hydrogen) atoms. The molecule has 1 aromatic carbocycles. The second-order valence-electron chi connectivity index (χ2n) is 7.41. The van der Waals surface area contributed by atoms with E-state index in [1.165, 1.54) is 44.9 Å². The van der Waals surface area contributed by atoms with Gasteiger partial charge in [-0.2, -0.15) is 0 Å². The topological polar surface area (TPSA) is 0 Å². The van der Waals surface area contributed by atoms with Crippen molar-refractivity contribution in [3.05, 3.63) is 46.5 Å². The van der Waals surface area contributed by atoms with Gasteiger partial charge in [0.15, 0.2) is 0 Å². The first-order valence-electron chi connectivity index (χ1n) is 8.54. The molecule has 1 saturated carbocycles. The number of aryl methyl sites for hydroxylation is 1. The van der Waals surface area contributed by atoms with Crippen LogP contribution < -0.4 is 0 Å². The van der Waals surface area contributed by atoms with Crippen molar-refractivity contribution in [1.82, 2.24) is 0 Å². The summed E-state index contributed by atoms with van der Waals surface area (Å²) in [5.74, 6) is 1.63. The summed E-state index contributed by atoms with van der Waals surface area (Å²) in [6, 6.07) is 7.49. The third kappa shape index (κ3) is 1.66. The zero-order valence-corrected chi connectivity index (χ0v) is 12.9. The van der Waals surface area contributed by atoms with Gasteiger partial charge in [-0.25, -0.2) is 0 Å². The van der Waals surface area contributed by atoms with E-state index in [1.54, 1.807) is 22.3 Å². The molecule has 2 bridgehead atoms. The third-order valence-electron chi connectivity index (χ3n) is 6.44. The molecule has 1 spiro atoms. The molecule has 3 unspecified atom stereocenters. The highest BCUT2D eigenvalue weighted by Crippen LogP contribution is 2.58. The lowest BCUT2D eigenvalue weighted by Gasteiger charge is -2.42. The third-order valence-corrected chi connectivity index (χ3v) is 6.44. The van der Waals surface area contributed by atoms with E-state index in [2.05, 4.69) is 38.1 Å². The Balaban J connectivity index is 1.77. The molecule has 4 rings (SSSR count). The minimum atomic E-state index is 0.533. The second-order valence-corrected chi connectivity index (χ2v) is 7.41. The Labute approximate surface area is 123 Å². The predicted molar refractivity (Wildman–Crippen MR) is 85.2 cm³/mol. The van der Waals surface area contributed by atoms with Gasteiger partial charge in [0.25, 0.3) is 0 Å². The molecule has 0 aromatic heterocycles. The first kappa shape index (κ1) is 12.7. The number of rotatable bonds is 2. The molecular weight excluding hydrogens is 240 g/mol. The van der Waals surface area contributed by atoms with E-state index in [-0.39, 0.29) is 0 Å². The smallest absolute Gasteiger partial charge is 0.00272 e. The van der Waals surface area contributed by atoms with Crippen molar-refractivity contribution in [2.75, 3.05) is 0 Å². The lowest BCUT2D eigenvalue weighted by molar-refractivity contribution is 0.269. The highest BCUT2D eigenvalue weighted by Gasteiger charge is 2.49. The van der Waals surface area contributed by atoms with Gasteiger partial charge in [-0.05, 0) is 73.5 Å². The van der Waals surface area contributed by atoms with Crippen LogP contribution in [0, 0.1) is 5.92 Å². The summed E-state index contributed by atoms with van der Waals surface area (Å²) in [5, 5.41) is 0. The lowest BCUT2D eigenvalue weighted by atomic mass is 9.62. The molecule has 0 saturated heterocycles. The number of fused-ring (bicyclic) bond motifs is 5. The van der Waals surface area contributed by atoms with Gasteiger partial charge in [0.1, 0.15) is 0 Å². The van der Waals surface area contributed by atoms with Crippen LogP contribution in [0.3, 0.4) is 0 Å². The van der Waals surface area contributed by atoms with Crippen molar-refractivity contribution < 1.29 is 0 Å². The quantitative estimate of drug-likeness (QED) is 0.619. The van der Waals surface area contributed by atoms with Crippen molar-refractivity contribution in [3.63, 3.8) is 0 Å². The average Bonchev–Trinajstić information content (AvgIpc) is 3.07. The molecule has 1 aromatic rings. The molecule has 0 amide bonds. The van der Waals surface area contributed by atoms with Crippen LogP contribution in [0.1, 0.15) is 75.0 Å². The number of hydrogen-bond donors (Lipinski definition) is 0. The van der Waals surface area contributed by atoms with Crippen LogP contribution in [-0.2, 0) is 11.8 Å². The standard InChI is InChI=1S/C20H26/c1-3-14(2)16-7-9-19-17(12-16)5-4-10-20(19)13-15-6-8-18(20)11-15/h6-7,9,12,14,18H,3-5,8,10-11,13H2,1-2H3. The monoisotopic (exact) mass is 266 g/mol. The van der Waals surface area contributed by atoms with Gasteiger partial charge in [0.05, 0.1) is 0 Å². The van der Waals surface area contributed by atoms with Crippen molar-refractivity contribution in [3.8, 4) is 0 Å².